The van der Waals surface area contributed by atoms with Crippen molar-refractivity contribution in [1.82, 2.24) is 0 Å². The van der Waals surface area contributed by atoms with Crippen molar-refractivity contribution in [2.24, 2.45) is 5.41 Å². The molecule has 4 heteroatoms. The molecule has 1 aromatic carbocycles. The van der Waals surface area contributed by atoms with E-state index in [9.17, 15) is 14.8 Å². The zero-order valence-corrected chi connectivity index (χ0v) is 11.0. The number of aliphatic hydroxyl groups is 1. The quantitative estimate of drug-likeness (QED) is 0.911. The van der Waals surface area contributed by atoms with Crippen LogP contribution in [0.25, 0.3) is 0 Å². The monoisotopic (exact) mass is 263 g/mol. The normalized spacial score (nSPS) is 26.4. The van der Waals surface area contributed by atoms with E-state index in [2.05, 4.69) is 6.07 Å². The molecule has 0 saturated carbocycles. The van der Waals surface area contributed by atoms with Crippen molar-refractivity contribution in [1.29, 1.82) is 5.26 Å². The Morgan fingerprint density at radius 3 is 2.68 bits per heavy atom. The van der Waals surface area contributed by atoms with Crippen molar-refractivity contribution in [2.45, 2.75) is 31.8 Å². The molecule has 1 heterocycles. The molecule has 3 nitrogen and oxygen atoms in total. The molecule has 2 rings (SSSR count). The van der Waals surface area contributed by atoms with Gasteiger partial charge in [-0.05, 0) is 37.5 Å². The molecular weight excluding hydrogens is 245 g/mol. The number of halogens is 1. The van der Waals surface area contributed by atoms with Crippen molar-refractivity contribution in [2.75, 3.05) is 13.2 Å². The lowest BCUT2D eigenvalue weighted by Crippen LogP contribution is -2.51. The first-order valence-corrected chi connectivity index (χ1v) is 6.45. The van der Waals surface area contributed by atoms with Gasteiger partial charge in [0.05, 0.1) is 18.3 Å². The standard InChI is InChI=1S/C15H18FNO2/c1-14(18,9-12-3-5-13(16)6-4-12)15(10-17)7-2-8-19-11-15/h3-6,18H,2,7-9,11H2,1H3. The van der Waals surface area contributed by atoms with Crippen LogP contribution in [0.2, 0.25) is 0 Å². The zero-order valence-electron chi connectivity index (χ0n) is 11.0. The lowest BCUT2D eigenvalue weighted by atomic mass is 9.68. The van der Waals surface area contributed by atoms with Gasteiger partial charge in [0.2, 0.25) is 0 Å². The second-order valence-electron chi connectivity index (χ2n) is 5.43. The molecule has 0 amide bonds. The van der Waals surface area contributed by atoms with E-state index < -0.39 is 11.0 Å². The Labute approximate surface area is 112 Å². The smallest absolute Gasteiger partial charge is 0.123 e. The van der Waals surface area contributed by atoms with Crippen LogP contribution in [0.4, 0.5) is 4.39 Å². The van der Waals surface area contributed by atoms with Gasteiger partial charge < -0.3 is 9.84 Å². The van der Waals surface area contributed by atoms with Gasteiger partial charge in [-0.15, -0.1) is 0 Å². The fourth-order valence-corrected chi connectivity index (χ4v) is 2.60. The van der Waals surface area contributed by atoms with Gasteiger partial charge >= 0.3 is 0 Å². The number of rotatable bonds is 3. The van der Waals surface area contributed by atoms with Crippen molar-refractivity contribution in [3.8, 4) is 6.07 Å². The number of hydrogen-bond acceptors (Lipinski definition) is 3. The molecular formula is C15H18FNO2. The molecule has 2 atom stereocenters. The van der Waals surface area contributed by atoms with Gasteiger partial charge in [0.1, 0.15) is 11.2 Å². The van der Waals surface area contributed by atoms with Crippen molar-refractivity contribution in [3.63, 3.8) is 0 Å². The minimum absolute atomic E-state index is 0.248. The summed E-state index contributed by atoms with van der Waals surface area (Å²) in [5.74, 6) is -0.306. The Kier molecular flexibility index (Phi) is 3.88. The third kappa shape index (κ3) is 2.78. The molecule has 1 N–H and O–H groups in total. The fourth-order valence-electron chi connectivity index (χ4n) is 2.60. The third-order valence-corrected chi connectivity index (χ3v) is 3.95. The Morgan fingerprint density at radius 1 is 1.47 bits per heavy atom. The molecule has 1 aliphatic heterocycles. The summed E-state index contributed by atoms with van der Waals surface area (Å²) >= 11 is 0. The number of hydrogen-bond donors (Lipinski definition) is 1. The minimum Gasteiger partial charge on any atom is -0.388 e. The highest BCUT2D eigenvalue weighted by Gasteiger charge is 2.48. The molecule has 1 aromatic rings. The third-order valence-electron chi connectivity index (χ3n) is 3.95. The van der Waals surface area contributed by atoms with Gasteiger partial charge in [0, 0.05) is 13.0 Å². The molecule has 1 saturated heterocycles. The second kappa shape index (κ2) is 5.28. The molecule has 102 valence electrons. The van der Waals surface area contributed by atoms with Gasteiger partial charge in [0.15, 0.2) is 0 Å². The SMILES string of the molecule is CC(O)(Cc1ccc(F)cc1)C1(C#N)CCCOC1. The summed E-state index contributed by atoms with van der Waals surface area (Å²) < 4.78 is 18.3. The van der Waals surface area contributed by atoms with Crippen LogP contribution in [0.3, 0.4) is 0 Å². The van der Waals surface area contributed by atoms with Crippen molar-refractivity contribution in [3.05, 3.63) is 35.6 Å². The van der Waals surface area contributed by atoms with E-state index in [0.29, 0.717) is 19.4 Å². The van der Waals surface area contributed by atoms with E-state index >= 15 is 0 Å². The average molecular weight is 263 g/mol. The molecule has 0 spiro atoms. The maximum Gasteiger partial charge on any atom is 0.123 e. The summed E-state index contributed by atoms with van der Waals surface area (Å²) in [4.78, 5) is 0. The highest BCUT2D eigenvalue weighted by atomic mass is 19.1. The summed E-state index contributed by atoms with van der Waals surface area (Å²) in [6.07, 6.45) is 1.70. The van der Waals surface area contributed by atoms with E-state index in [-0.39, 0.29) is 12.4 Å². The Bertz CT molecular complexity index is 470. The lowest BCUT2D eigenvalue weighted by Gasteiger charge is -2.42. The number of benzene rings is 1. The van der Waals surface area contributed by atoms with Crippen LogP contribution in [0.15, 0.2) is 24.3 Å². The predicted molar refractivity (Wildman–Crippen MR) is 68.8 cm³/mol. The first-order valence-electron chi connectivity index (χ1n) is 6.45. The van der Waals surface area contributed by atoms with Crippen LogP contribution in [0.5, 0.6) is 0 Å². The van der Waals surface area contributed by atoms with Gasteiger partial charge in [0.25, 0.3) is 0 Å². The largest absolute Gasteiger partial charge is 0.388 e. The molecule has 0 bridgehead atoms. The summed E-state index contributed by atoms with van der Waals surface area (Å²) in [6.45, 7) is 2.54. The van der Waals surface area contributed by atoms with Gasteiger partial charge in [-0.1, -0.05) is 12.1 Å². The second-order valence-corrected chi connectivity index (χ2v) is 5.43. The van der Waals surface area contributed by atoms with Crippen LogP contribution in [-0.2, 0) is 11.2 Å². The highest BCUT2D eigenvalue weighted by Crippen LogP contribution is 2.40. The van der Waals surface area contributed by atoms with Crippen molar-refractivity contribution < 1.29 is 14.2 Å². The fraction of sp³-hybridized carbons (Fsp3) is 0.533. The highest BCUT2D eigenvalue weighted by molar-refractivity contribution is 5.22. The number of nitriles is 1. The van der Waals surface area contributed by atoms with E-state index in [0.717, 1.165) is 12.0 Å². The van der Waals surface area contributed by atoms with Crippen LogP contribution in [0, 0.1) is 22.6 Å². The van der Waals surface area contributed by atoms with E-state index in [1.165, 1.54) is 12.1 Å². The van der Waals surface area contributed by atoms with Gasteiger partial charge in [-0.2, -0.15) is 5.26 Å². The zero-order chi connectivity index (χ0) is 13.9. The molecule has 1 fully saturated rings. The molecule has 0 radical (unpaired) electrons. The maximum atomic E-state index is 12.9. The van der Waals surface area contributed by atoms with Crippen molar-refractivity contribution >= 4 is 0 Å². The van der Waals surface area contributed by atoms with Gasteiger partial charge in [-0.25, -0.2) is 4.39 Å². The molecule has 0 aliphatic carbocycles. The predicted octanol–water partition coefficient (Wildman–Crippen LogP) is 2.44. The van der Waals surface area contributed by atoms with Crippen LogP contribution in [-0.4, -0.2) is 23.9 Å². The Balaban J connectivity index is 2.20. The summed E-state index contributed by atoms with van der Waals surface area (Å²) in [5.41, 5.74) is -1.27. The molecule has 2 unspecified atom stereocenters. The molecule has 1 aliphatic rings. The molecule has 19 heavy (non-hydrogen) atoms. The Morgan fingerprint density at radius 2 is 2.16 bits per heavy atom. The summed E-state index contributed by atoms with van der Waals surface area (Å²) in [6, 6.07) is 8.24. The number of ether oxygens (including phenoxy) is 1. The minimum atomic E-state index is -1.19. The average Bonchev–Trinajstić information content (AvgIpc) is 2.42. The topological polar surface area (TPSA) is 53.2 Å². The van der Waals surface area contributed by atoms with Crippen LogP contribution >= 0.6 is 0 Å². The molecule has 0 aromatic heterocycles. The number of nitrogens with zero attached hydrogens (tertiary/aromatic N) is 1. The summed E-state index contributed by atoms with van der Waals surface area (Å²) in [5, 5.41) is 20.2. The van der Waals surface area contributed by atoms with Crippen LogP contribution in [0.1, 0.15) is 25.3 Å². The lowest BCUT2D eigenvalue weighted by molar-refractivity contribution is -0.107. The summed E-state index contributed by atoms with van der Waals surface area (Å²) in [7, 11) is 0. The first kappa shape index (κ1) is 14.0. The maximum absolute atomic E-state index is 12.9. The Hall–Kier alpha value is -1.44. The van der Waals surface area contributed by atoms with E-state index in [1.807, 2.05) is 0 Å². The van der Waals surface area contributed by atoms with E-state index in [1.54, 1.807) is 19.1 Å². The van der Waals surface area contributed by atoms with E-state index in [4.69, 9.17) is 4.74 Å². The first-order chi connectivity index (χ1) is 8.99. The van der Waals surface area contributed by atoms with Crippen LogP contribution < -0.4 is 0 Å². The van der Waals surface area contributed by atoms with Gasteiger partial charge in [-0.3, -0.25) is 0 Å².